The monoisotopic (exact) mass is 247 g/mol. The van der Waals surface area contributed by atoms with Crippen molar-refractivity contribution in [3.8, 4) is 11.5 Å². The second kappa shape index (κ2) is 4.90. The summed E-state index contributed by atoms with van der Waals surface area (Å²) in [5, 5.41) is 3.25. The Morgan fingerprint density at radius 2 is 2.06 bits per heavy atom. The van der Waals surface area contributed by atoms with Crippen molar-refractivity contribution in [2.24, 2.45) is 0 Å². The average Bonchev–Trinajstić information content (AvgIpc) is 2.93. The number of ether oxygens (including phenoxy) is 3. The highest BCUT2D eigenvalue weighted by molar-refractivity contribution is 5.41. The Balaban J connectivity index is 1.78. The van der Waals surface area contributed by atoms with Crippen LogP contribution in [0.2, 0.25) is 0 Å². The van der Waals surface area contributed by atoms with E-state index in [4.69, 9.17) is 14.2 Å². The van der Waals surface area contributed by atoms with Gasteiger partial charge in [0, 0.05) is 6.42 Å². The lowest BCUT2D eigenvalue weighted by Gasteiger charge is -2.32. The molecule has 2 heterocycles. The Bertz CT molecular complexity index is 458. The van der Waals surface area contributed by atoms with E-state index in [2.05, 4.69) is 11.4 Å². The molecule has 4 heteroatoms. The molecule has 0 fully saturated rings. The van der Waals surface area contributed by atoms with Crippen LogP contribution in [0.3, 0.4) is 0 Å². The molecule has 1 N–H and O–H groups in total. The standard InChI is InChI=1S/C14H17NO3/c1-15-14(12-7-4-8-16-12)13-9-17-10-5-2-3-6-11(10)18-13/h2-3,5-7,13-15H,4,8-9H2,1H3. The summed E-state index contributed by atoms with van der Waals surface area (Å²) < 4.78 is 17.3. The van der Waals surface area contributed by atoms with Crippen LogP contribution >= 0.6 is 0 Å². The van der Waals surface area contributed by atoms with Crippen molar-refractivity contribution in [1.82, 2.24) is 5.32 Å². The van der Waals surface area contributed by atoms with Gasteiger partial charge in [0.2, 0.25) is 0 Å². The van der Waals surface area contributed by atoms with Crippen LogP contribution in [0.4, 0.5) is 0 Å². The van der Waals surface area contributed by atoms with Crippen LogP contribution in [0.5, 0.6) is 11.5 Å². The second-order valence-electron chi connectivity index (χ2n) is 4.42. The molecule has 0 saturated carbocycles. The van der Waals surface area contributed by atoms with Crippen LogP contribution in [0, 0.1) is 0 Å². The van der Waals surface area contributed by atoms with Gasteiger partial charge in [0.05, 0.1) is 6.61 Å². The Morgan fingerprint density at radius 3 is 2.78 bits per heavy atom. The zero-order valence-electron chi connectivity index (χ0n) is 10.4. The third-order valence-corrected chi connectivity index (χ3v) is 3.25. The van der Waals surface area contributed by atoms with E-state index in [-0.39, 0.29) is 12.1 Å². The fourth-order valence-electron chi connectivity index (χ4n) is 2.37. The highest BCUT2D eigenvalue weighted by atomic mass is 16.6. The Morgan fingerprint density at radius 1 is 1.22 bits per heavy atom. The van der Waals surface area contributed by atoms with E-state index in [9.17, 15) is 0 Å². The molecule has 2 aliphatic heterocycles. The molecule has 0 radical (unpaired) electrons. The molecule has 0 bridgehead atoms. The minimum absolute atomic E-state index is 0.0425. The fourth-order valence-corrected chi connectivity index (χ4v) is 2.37. The summed E-state index contributed by atoms with van der Waals surface area (Å²) in [7, 11) is 1.91. The van der Waals surface area contributed by atoms with E-state index in [1.165, 1.54) is 0 Å². The molecule has 2 unspecified atom stereocenters. The van der Waals surface area contributed by atoms with Crippen LogP contribution in [-0.4, -0.2) is 32.4 Å². The summed E-state index contributed by atoms with van der Waals surface area (Å²) in [6, 6.07) is 7.79. The van der Waals surface area contributed by atoms with E-state index >= 15 is 0 Å². The molecule has 1 aromatic rings. The van der Waals surface area contributed by atoms with E-state index in [1.54, 1.807) is 0 Å². The quantitative estimate of drug-likeness (QED) is 0.882. The van der Waals surface area contributed by atoms with Crippen molar-refractivity contribution in [1.29, 1.82) is 0 Å². The highest BCUT2D eigenvalue weighted by Gasteiger charge is 2.32. The lowest BCUT2D eigenvalue weighted by atomic mass is 10.1. The summed E-state index contributed by atoms with van der Waals surface area (Å²) in [6.07, 6.45) is 3.03. The minimum atomic E-state index is -0.0609. The molecule has 4 nitrogen and oxygen atoms in total. The SMILES string of the molecule is CNC(C1=CCCO1)C1COc2ccccc2O1. The van der Waals surface area contributed by atoms with Crippen molar-refractivity contribution in [2.75, 3.05) is 20.3 Å². The Kier molecular flexibility index (Phi) is 3.11. The van der Waals surface area contributed by atoms with Gasteiger partial charge in [-0.15, -0.1) is 0 Å². The van der Waals surface area contributed by atoms with Crippen LogP contribution in [0.15, 0.2) is 36.1 Å². The first-order chi connectivity index (χ1) is 8.88. The van der Waals surface area contributed by atoms with Crippen molar-refractivity contribution in [3.63, 3.8) is 0 Å². The number of para-hydroxylation sites is 2. The number of hydrogen-bond acceptors (Lipinski definition) is 4. The van der Waals surface area contributed by atoms with Crippen LogP contribution in [-0.2, 0) is 4.74 Å². The zero-order chi connectivity index (χ0) is 12.4. The van der Waals surface area contributed by atoms with Gasteiger partial charge >= 0.3 is 0 Å². The largest absolute Gasteiger partial charge is 0.496 e. The lowest BCUT2D eigenvalue weighted by Crippen LogP contribution is -2.47. The van der Waals surface area contributed by atoms with Gasteiger partial charge in [0.1, 0.15) is 18.4 Å². The topological polar surface area (TPSA) is 39.7 Å². The normalized spacial score (nSPS) is 23.2. The fraction of sp³-hybridized carbons (Fsp3) is 0.429. The van der Waals surface area contributed by atoms with Crippen molar-refractivity contribution in [3.05, 3.63) is 36.1 Å². The summed E-state index contributed by atoms with van der Waals surface area (Å²) in [4.78, 5) is 0. The number of fused-ring (bicyclic) bond motifs is 1. The van der Waals surface area contributed by atoms with Crippen LogP contribution < -0.4 is 14.8 Å². The van der Waals surface area contributed by atoms with Gasteiger partial charge in [-0.05, 0) is 25.3 Å². The molecule has 0 amide bonds. The number of benzene rings is 1. The van der Waals surface area contributed by atoms with Gasteiger partial charge in [-0.3, -0.25) is 0 Å². The molecule has 2 aliphatic rings. The molecule has 18 heavy (non-hydrogen) atoms. The van der Waals surface area contributed by atoms with E-state index in [0.717, 1.165) is 30.3 Å². The van der Waals surface area contributed by atoms with Crippen LogP contribution in [0.1, 0.15) is 6.42 Å². The maximum Gasteiger partial charge on any atom is 0.161 e. The number of hydrogen-bond donors (Lipinski definition) is 1. The van der Waals surface area contributed by atoms with Crippen molar-refractivity contribution in [2.45, 2.75) is 18.6 Å². The number of nitrogens with one attached hydrogen (secondary N) is 1. The molecular formula is C14H17NO3. The molecule has 0 aromatic heterocycles. The summed E-state index contributed by atoms with van der Waals surface area (Å²) in [6.45, 7) is 1.29. The molecule has 3 rings (SSSR count). The summed E-state index contributed by atoms with van der Waals surface area (Å²) in [5.74, 6) is 2.57. The smallest absolute Gasteiger partial charge is 0.161 e. The van der Waals surface area contributed by atoms with Crippen LogP contribution in [0.25, 0.3) is 0 Å². The zero-order valence-corrected chi connectivity index (χ0v) is 10.4. The molecule has 1 aromatic carbocycles. The maximum atomic E-state index is 5.99. The summed E-state index contributed by atoms with van der Waals surface area (Å²) >= 11 is 0. The third-order valence-electron chi connectivity index (χ3n) is 3.25. The lowest BCUT2D eigenvalue weighted by molar-refractivity contribution is 0.0558. The second-order valence-corrected chi connectivity index (χ2v) is 4.42. The van der Waals surface area contributed by atoms with Crippen molar-refractivity contribution < 1.29 is 14.2 Å². The highest BCUT2D eigenvalue weighted by Crippen LogP contribution is 2.32. The Hall–Kier alpha value is -1.68. The van der Waals surface area contributed by atoms with Gasteiger partial charge < -0.3 is 19.5 Å². The molecule has 2 atom stereocenters. The summed E-state index contributed by atoms with van der Waals surface area (Å²) in [5.41, 5.74) is 0. The van der Waals surface area contributed by atoms with Crippen molar-refractivity contribution >= 4 is 0 Å². The average molecular weight is 247 g/mol. The molecule has 0 saturated heterocycles. The number of likely N-dealkylation sites (N-methyl/N-ethyl adjacent to an activating group) is 1. The van der Waals surface area contributed by atoms with Gasteiger partial charge in [-0.2, -0.15) is 0 Å². The number of rotatable bonds is 3. The van der Waals surface area contributed by atoms with Gasteiger partial charge in [-0.25, -0.2) is 0 Å². The first-order valence-electron chi connectivity index (χ1n) is 6.27. The van der Waals surface area contributed by atoms with E-state index in [1.807, 2.05) is 31.3 Å². The van der Waals surface area contributed by atoms with Gasteiger partial charge in [0.15, 0.2) is 17.6 Å². The van der Waals surface area contributed by atoms with E-state index in [0.29, 0.717) is 6.61 Å². The minimum Gasteiger partial charge on any atom is -0.496 e. The molecular weight excluding hydrogens is 230 g/mol. The third kappa shape index (κ3) is 2.04. The maximum absolute atomic E-state index is 5.99. The first-order valence-corrected chi connectivity index (χ1v) is 6.27. The Labute approximate surface area is 107 Å². The van der Waals surface area contributed by atoms with Gasteiger partial charge in [0.25, 0.3) is 0 Å². The molecule has 0 spiro atoms. The molecule has 0 aliphatic carbocycles. The molecule has 96 valence electrons. The predicted molar refractivity (Wildman–Crippen MR) is 67.9 cm³/mol. The first kappa shape index (κ1) is 11.4. The predicted octanol–water partition coefficient (Wildman–Crippen LogP) is 1.72. The van der Waals surface area contributed by atoms with Gasteiger partial charge in [-0.1, -0.05) is 12.1 Å². The van der Waals surface area contributed by atoms with E-state index < -0.39 is 0 Å².